The van der Waals surface area contributed by atoms with Gasteiger partial charge in [-0.3, -0.25) is 4.98 Å². The molecule has 1 rings (SSSR count). The topological polar surface area (TPSA) is 12.9 Å². The summed E-state index contributed by atoms with van der Waals surface area (Å²) < 4.78 is 0. The van der Waals surface area contributed by atoms with Gasteiger partial charge in [0.1, 0.15) is 0 Å². The van der Waals surface area contributed by atoms with Crippen LogP contribution in [0, 0.1) is 0 Å². The van der Waals surface area contributed by atoms with Crippen LogP contribution in [0.5, 0.6) is 0 Å². The van der Waals surface area contributed by atoms with Crippen LogP contribution < -0.4 is 0 Å². The van der Waals surface area contributed by atoms with E-state index in [-0.39, 0.29) is 0 Å². The van der Waals surface area contributed by atoms with Gasteiger partial charge in [-0.05, 0) is 0 Å². The van der Waals surface area contributed by atoms with Crippen LogP contribution in [0.3, 0.4) is 0 Å². The molecule has 0 radical (unpaired) electrons. The number of aromatic nitrogens is 1. The third-order valence-electron chi connectivity index (χ3n) is 0.347. The van der Waals surface area contributed by atoms with Gasteiger partial charge in [0.2, 0.25) is 0 Å². The molecule has 1 heterocycles. The molecular formula is C3H3Cl5IrNS. The first-order valence-electron chi connectivity index (χ1n) is 1.95. The largest absolute Gasteiger partial charge is 0.253 e. The van der Waals surface area contributed by atoms with Crippen molar-refractivity contribution in [1.29, 1.82) is 0 Å². The summed E-state index contributed by atoms with van der Waals surface area (Å²) in [5.74, 6) is 0. The van der Waals surface area contributed by atoms with Crippen LogP contribution in [0.25, 0.3) is 0 Å². The number of hydrogen-bond acceptors (Lipinski definition) is 2. The summed E-state index contributed by atoms with van der Waals surface area (Å²) in [5.41, 5.74) is 1.79. The Bertz CT molecular complexity index is 157. The first kappa shape index (κ1) is 12.7. The molecule has 11 heavy (non-hydrogen) atoms. The van der Waals surface area contributed by atoms with Crippen LogP contribution in [0.2, 0.25) is 0 Å². The molecule has 0 N–H and O–H groups in total. The monoisotopic (exact) mass is 453 g/mol. The number of nitrogens with zero attached hydrogens (tertiary/aromatic N) is 1. The van der Waals surface area contributed by atoms with E-state index in [1.807, 2.05) is 5.38 Å². The van der Waals surface area contributed by atoms with Crippen molar-refractivity contribution in [2.24, 2.45) is 0 Å². The number of thiazole rings is 1. The number of halogens is 5. The van der Waals surface area contributed by atoms with E-state index in [4.69, 9.17) is 47.9 Å². The second-order valence-electron chi connectivity index (χ2n) is 1.15. The van der Waals surface area contributed by atoms with Gasteiger partial charge >= 0.3 is 56.9 Å². The predicted molar refractivity (Wildman–Crippen MR) is 51.4 cm³/mol. The Hall–Kier alpha value is 1.73. The van der Waals surface area contributed by atoms with E-state index in [0.717, 1.165) is 0 Å². The van der Waals surface area contributed by atoms with E-state index in [1.54, 1.807) is 23.0 Å². The molecular weight excluding hydrogens is 452 g/mol. The summed E-state index contributed by atoms with van der Waals surface area (Å²) in [5, 5.41) is 1.93. The zero-order valence-electron chi connectivity index (χ0n) is 4.81. The van der Waals surface area contributed by atoms with Crippen molar-refractivity contribution in [1.82, 2.24) is 4.98 Å². The molecule has 0 saturated carbocycles. The minimum atomic E-state index is -4.24. The Labute approximate surface area is 89.3 Å². The maximum atomic E-state index is 5.04. The standard InChI is InChI=1S/C3H3NS.5ClH.Ir/c1-2-5-3-4-1;;;;;;/h1-3H;5*1H;/q;;;;;;+5/p-5. The number of hydrogen-bond donors (Lipinski definition) is 0. The SMILES string of the molecule is [Cl][Ir]([Cl])([Cl])([Cl])[Cl].c1cscn1. The Morgan fingerprint density at radius 1 is 1.09 bits per heavy atom. The maximum Gasteiger partial charge on any atom is 0.0791 e. The second kappa shape index (κ2) is 4.82. The normalized spacial score (nSPS) is 14.1. The van der Waals surface area contributed by atoms with Gasteiger partial charge in [-0.2, -0.15) is 0 Å². The van der Waals surface area contributed by atoms with Crippen LogP contribution in [0.4, 0.5) is 0 Å². The fourth-order valence-electron chi connectivity index (χ4n) is 0.176. The molecule has 1 aromatic heterocycles. The zero-order chi connectivity index (χ0) is 8.98. The maximum absolute atomic E-state index is 5.04. The third-order valence-corrected chi connectivity index (χ3v) is 0.869. The third kappa shape index (κ3) is 24.5. The molecule has 8 heteroatoms. The van der Waals surface area contributed by atoms with E-state index in [9.17, 15) is 0 Å². The van der Waals surface area contributed by atoms with E-state index in [2.05, 4.69) is 4.98 Å². The summed E-state index contributed by atoms with van der Waals surface area (Å²) in [6, 6.07) is 0. The minimum absolute atomic E-state index is 1.60. The minimum Gasteiger partial charge on any atom is -0.253 e. The molecule has 0 fully saturated rings. The van der Waals surface area contributed by atoms with E-state index >= 15 is 0 Å². The molecule has 70 valence electrons. The summed E-state index contributed by atoms with van der Waals surface area (Å²) in [7, 11) is 21.0. The molecule has 0 bridgehead atoms. The smallest absolute Gasteiger partial charge is 0.0791 e. The Morgan fingerprint density at radius 3 is 1.64 bits per heavy atom. The van der Waals surface area contributed by atoms with E-state index < -0.39 is 9.02 Å². The van der Waals surface area contributed by atoms with Gasteiger partial charge in [-0.15, -0.1) is 11.3 Å². The Morgan fingerprint density at radius 2 is 1.55 bits per heavy atom. The van der Waals surface area contributed by atoms with Gasteiger partial charge in [-0.1, -0.05) is 0 Å². The van der Waals surface area contributed by atoms with Crippen LogP contribution in [-0.4, -0.2) is 4.98 Å². The first-order chi connectivity index (χ1) is 4.74. The second-order valence-corrected chi connectivity index (χ2v) is 36.5. The van der Waals surface area contributed by atoms with Gasteiger partial charge in [0.25, 0.3) is 0 Å². The molecule has 0 aromatic carbocycles. The average Bonchev–Trinajstić information content (AvgIpc) is 2.03. The van der Waals surface area contributed by atoms with Crippen molar-refractivity contribution >= 4 is 59.3 Å². The van der Waals surface area contributed by atoms with Crippen molar-refractivity contribution in [3.05, 3.63) is 17.1 Å². The molecule has 0 aliphatic rings. The van der Waals surface area contributed by atoms with Gasteiger partial charge in [0.15, 0.2) is 0 Å². The summed E-state index contributed by atoms with van der Waals surface area (Å²) in [6.45, 7) is 0. The average molecular weight is 455 g/mol. The quantitative estimate of drug-likeness (QED) is 0.559. The molecule has 0 spiro atoms. The van der Waals surface area contributed by atoms with E-state index in [1.165, 1.54) is 0 Å². The number of rotatable bonds is 0. The van der Waals surface area contributed by atoms with Crippen molar-refractivity contribution in [3.8, 4) is 0 Å². The summed E-state index contributed by atoms with van der Waals surface area (Å²) in [6.07, 6.45) is 1.77. The molecule has 0 aliphatic heterocycles. The van der Waals surface area contributed by atoms with E-state index in [0.29, 0.717) is 0 Å². The summed E-state index contributed by atoms with van der Waals surface area (Å²) >= 11 is 1.60. The molecule has 0 aliphatic carbocycles. The molecule has 0 unspecified atom stereocenters. The summed E-state index contributed by atoms with van der Waals surface area (Å²) in [4.78, 5) is 3.74. The Balaban J connectivity index is 0.000000183. The van der Waals surface area contributed by atoms with Crippen molar-refractivity contribution < 1.29 is 9.02 Å². The fraction of sp³-hybridized carbons (Fsp3) is 0. The predicted octanol–water partition coefficient (Wildman–Crippen LogP) is 4.59. The molecule has 0 saturated heterocycles. The Kier molecular flexibility index (Phi) is 5.58. The van der Waals surface area contributed by atoms with Crippen molar-refractivity contribution in [2.75, 3.05) is 0 Å². The molecule has 0 atom stereocenters. The van der Waals surface area contributed by atoms with Crippen LogP contribution >= 0.6 is 59.3 Å². The van der Waals surface area contributed by atoms with Crippen LogP contribution in [0.15, 0.2) is 17.1 Å². The first-order valence-corrected chi connectivity index (χ1v) is 17.7. The van der Waals surface area contributed by atoms with Crippen LogP contribution in [0.1, 0.15) is 0 Å². The van der Waals surface area contributed by atoms with Gasteiger partial charge in [0, 0.05) is 11.6 Å². The zero-order valence-corrected chi connectivity index (χ0v) is 11.8. The van der Waals surface area contributed by atoms with Crippen LogP contribution in [-0.2, 0) is 9.02 Å². The van der Waals surface area contributed by atoms with Gasteiger partial charge in [-0.25, -0.2) is 0 Å². The fourth-order valence-corrected chi connectivity index (χ4v) is 0.527. The van der Waals surface area contributed by atoms with Crippen molar-refractivity contribution in [3.63, 3.8) is 0 Å². The molecule has 0 amide bonds. The molecule has 1 nitrogen and oxygen atoms in total. The van der Waals surface area contributed by atoms with Gasteiger partial charge < -0.3 is 0 Å². The molecule has 1 aromatic rings. The van der Waals surface area contributed by atoms with Crippen molar-refractivity contribution in [2.45, 2.75) is 0 Å². The van der Waals surface area contributed by atoms with Gasteiger partial charge in [0.05, 0.1) is 5.51 Å².